The van der Waals surface area contributed by atoms with Gasteiger partial charge in [0.25, 0.3) is 0 Å². The highest BCUT2D eigenvalue weighted by atomic mass is 31.2. The first-order valence-corrected chi connectivity index (χ1v) is 52.7. The molecule has 0 saturated carbocycles. The summed E-state index contributed by atoms with van der Waals surface area (Å²) in [5.41, 5.74) is 38.4. The summed E-state index contributed by atoms with van der Waals surface area (Å²) >= 11 is 0. The number of aryl methyl sites for hydroxylation is 6. The molecule has 0 bridgehead atoms. The van der Waals surface area contributed by atoms with E-state index in [0.29, 0.717) is 37.6 Å². The Morgan fingerprint density at radius 2 is 0.500 bits per heavy atom. The molecule has 144 heavy (non-hydrogen) atoms. The Bertz CT molecular complexity index is 6820. The van der Waals surface area contributed by atoms with Gasteiger partial charge in [0.1, 0.15) is 6.29 Å². The number of carbonyl (C=O) groups excluding carboxylic acids is 2. The Morgan fingerprint density at radius 3 is 0.729 bits per heavy atom. The van der Waals surface area contributed by atoms with E-state index in [4.69, 9.17) is 18.1 Å². The molecule has 720 valence electrons. The molecule has 0 aromatic heterocycles. The number of carbonyl (C=O) groups is 2. The van der Waals surface area contributed by atoms with Crippen molar-refractivity contribution in [2.75, 3.05) is 41.1 Å². The Balaban J connectivity index is 0.000000205. The molecule has 17 aromatic carbocycles. The second-order valence-corrected chi connectivity index (χ2v) is 38.4. The second-order valence-electron chi connectivity index (χ2n) is 34.9. The summed E-state index contributed by atoms with van der Waals surface area (Å²) in [5, 5.41) is 0. The highest BCUT2D eigenvalue weighted by Gasteiger charge is 2.28. The van der Waals surface area contributed by atoms with Crippen LogP contribution in [0.25, 0.3) is 59.3 Å². The Morgan fingerprint density at radius 1 is 0.264 bits per heavy atom. The number of anilines is 9. The maximum Gasteiger partial charge on any atom is 0.335 e. The van der Waals surface area contributed by atoms with Gasteiger partial charge in [-0.1, -0.05) is 391 Å². The third-order valence-electron chi connectivity index (χ3n) is 25.0. The summed E-state index contributed by atoms with van der Waals surface area (Å²) < 4.78 is 33.9. The average molecular weight is 1930 g/mol. The lowest BCUT2D eigenvalue weighted by molar-refractivity contribution is 0.103. The molecule has 0 saturated heterocycles. The van der Waals surface area contributed by atoms with Crippen LogP contribution in [-0.2, 0) is 48.1 Å². The van der Waals surface area contributed by atoms with Crippen molar-refractivity contribution in [1.82, 2.24) is 0 Å². The lowest BCUT2D eigenvalue weighted by Crippen LogP contribution is -2.13. The fourth-order valence-corrected chi connectivity index (χ4v) is 20.7. The number of benzene rings is 17. The Hall–Kier alpha value is -15.3. The van der Waals surface area contributed by atoms with Crippen molar-refractivity contribution >= 4 is 138 Å². The number of para-hydroxylation sites is 3. The van der Waals surface area contributed by atoms with Gasteiger partial charge < -0.3 is 32.8 Å². The maximum absolute atomic E-state index is 12.5. The Labute approximate surface area is 853 Å². The van der Waals surface area contributed by atoms with Gasteiger partial charge in [0.15, 0.2) is 0 Å². The van der Waals surface area contributed by atoms with Crippen LogP contribution >= 0.6 is 16.0 Å². The van der Waals surface area contributed by atoms with E-state index < -0.39 is 16.0 Å². The zero-order valence-electron chi connectivity index (χ0n) is 83.9. The summed E-state index contributed by atoms with van der Waals surface area (Å²) in [5.74, 6) is 0. The lowest BCUT2D eigenvalue weighted by atomic mass is 9.95. The summed E-state index contributed by atoms with van der Waals surface area (Å²) in [6, 6.07) is 151. The lowest BCUT2D eigenvalue weighted by Gasteiger charge is -2.29. The van der Waals surface area contributed by atoms with E-state index in [9.17, 15) is 14.2 Å². The number of hydrogen-bond acceptors (Lipinski definition) is 10. The van der Waals surface area contributed by atoms with E-state index in [1.54, 1.807) is 38.1 Å². The molecule has 0 aliphatic heterocycles. The van der Waals surface area contributed by atoms with Crippen LogP contribution in [0.1, 0.15) is 180 Å². The van der Waals surface area contributed by atoms with Gasteiger partial charge in [0.2, 0.25) is 13.9 Å². The van der Waals surface area contributed by atoms with Gasteiger partial charge in [-0.15, -0.1) is 0 Å². The zero-order valence-corrected chi connectivity index (χ0v) is 85.7. The van der Waals surface area contributed by atoms with Crippen molar-refractivity contribution in [2.45, 2.75) is 94.7 Å². The highest BCUT2D eigenvalue weighted by Crippen LogP contribution is 2.52. The number of hydrogen-bond donors (Lipinski definition) is 0. The third kappa shape index (κ3) is 27.1. The fourth-order valence-electron chi connectivity index (χ4n) is 17.8. The predicted molar refractivity (Wildman–Crippen MR) is 610 cm³/mol. The van der Waals surface area contributed by atoms with E-state index >= 15 is 0 Å². The molecular formula is C132H125N3O7P2. The van der Waals surface area contributed by atoms with Crippen LogP contribution in [0.15, 0.2) is 431 Å². The summed E-state index contributed by atoms with van der Waals surface area (Å²) in [6.45, 7) is 21.9. The molecule has 0 heterocycles. The highest BCUT2D eigenvalue weighted by molar-refractivity contribution is 7.66. The van der Waals surface area contributed by atoms with Crippen LogP contribution in [0.5, 0.6) is 0 Å². The molecule has 0 spiro atoms. The van der Waals surface area contributed by atoms with Crippen LogP contribution in [0.4, 0.5) is 51.2 Å². The largest absolute Gasteiger partial charge is 0.335 e. The zero-order chi connectivity index (χ0) is 100. The van der Waals surface area contributed by atoms with Gasteiger partial charge in [-0.25, -0.2) is 0 Å². The van der Waals surface area contributed by atoms with Gasteiger partial charge in [-0.3, -0.25) is 14.2 Å². The summed E-state index contributed by atoms with van der Waals surface area (Å²) in [7, 11) is -4.74. The Kier molecular flexibility index (Phi) is 37.1. The molecule has 17 rings (SSSR count). The van der Waals surface area contributed by atoms with Crippen molar-refractivity contribution in [3.63, 3.8) is 0 Å². The van der Waals surface area contributed by atoms with Crippen LogP contribution in [-0.4, -0.2) is 38.2 Å². The van der Waals surface area contributed by atoms with Crippen molar-refractivity contribution < 1.29 is 32.2 Å². The van der Waals surface area contributed by atoms with E-state index in [0.717, 1.165) is 104 Å². The van der Waals surface area contributed by atoms with Gasteiger partial charge in [-0.2, -0.15) is 0 Å². The van der Waals surface area contributed by atoms with Crippen LogP contribution < -0.4 is 14.7 Å². The third-order valence-corrected chi connectivity index (χ3v) is 28.7. The van der Waals surface area contributed by atoms with Crippen molar-refractivity contribution in [2.24, 2.45) is 0 Å². The fraction of sp³-hybridized carbons (Fsp3) is 0.136. The molecule has 0 fully saturated rings. The van der Waals surface area contributed by atoms with Crippen LogP contribution in [0.2, 0.25) is 0 Å². The summed E-state index contributed by atoms with van der Waals surface area (Å²) in [4.78, 5) is 30.8. The molecule has 12 heteroatoms. The van der Waals surface area contributed by atoms with E-state index in [1.165, 1.54) is 101 Å². The molecule has 17 aromatic rings. The minimum Gasteiger partial charge on any atom is -0.329 e. The molecule has 0 N–H and O–H groups in total. The molecule has 0 unspecified atom stereocenters. The molecule has 0 aliphatic carbocycles. The van der Waals surface area contributed by atoms with Crippen molar-refractivity contribution in [3.8, 4) is 0 Å². The first-order valence-electron chi connectivity index (χ1n) is 49.8. The second kappa shape index (κ2) is 51.9. The van der Waals surface area contributed by atoms with E-state index in [1.807, 2.05) is 50.2 Å². The molecular weight excluding hydrogens is 1800 g/mol. The van der Waals surface area contributed by atoms with Crippen LogP contribution in [0.3, 0.4) is 0 Å². The normalized spacial score (nSPS) is 11.1. The van der Waals surface area contributed by atoms with E-state index in [-0.39, 0.29) is 11.7 Å². The molecule has 0 radical (unpaired) electrons. The molecule has 0 aliphatic rings. The average Bonchev–Trinajstić information content (AvgIpc) is 0.786. The topological polar surface area (TPSA) is 97.8 Å². The summed E-state index contributed by atoms with van der Waals surface area (Å²) in [6.07, 6.45) is 19.5. The standard InChI is InChI=1S/C80H68N2.C36H31NO.C16H26O6P2/c1-5-67-31-19-21-59(3)79(67)81(75-53-45-65(46-54-75)57-77(69-23-11-7-12-24-69)70-25-13-8-14-26-70)73-49-41-63(42-50-73)39-37-61-33-35-62(36-34-61)38-40-64-43-51-74(52-44-64)82(80-60(4)22-20-32-68(80)6-2)76-55-47-66(48-56-76)58-78(71-27-15-9-16-28-71)72-29-17-10-18-30-72;1-3-30-16-10-11-27(2)36(30)37(34-23-19-29(26-38)20-24-34)33-21-17-28(18-22-33)25-35(31-12-6-4-7-13-31)32-14-8-5-9-15-32;1-5-19-23(20-6-2)16(17)15-11-9-14(10-12-15)13-24(18,21-7-3)22-8-4/h7-58H,5-6H2,1-4H3;4-26H,3H2,1-2H3;9-12H,5-8,13H2,1-4H3/b39-37+,40-38+;;. The number of aldehydes is 1. The molecule has 0 atom stereocenters. The quantitative estimate of drug-likeness (QED) is 0.0211. The first kappa shape index (κ1) is 103. The van der Waals surface area contributed by atoms with Gasteiger partial charge in [0, 0.05) is 45.3 Å². The SMILES string of the molecule is CCOP(OCC)C(=O)c1ccc(CP(=O)(OCC)OCC)cc1.CCc1cccc(C)c1N(c1ccc(C=C(c2ccccc2)c2ccccc2)cc1)c1ccc(/C=C/c2ccc(/C=C/c3ccc(N(c4ccc(C=C(c5ccccc5)c5ccccc5)cc4)c4c(C)cccc4CC)cc3)cc2)cc1.CCc1cccc(C)c1N(c1ccc(C=O)cc1)c1ccc(C=C(c2ccccc2)c2ccccc2)cc1. The molecule has 0 amide bonds. The van der Waals surface area contributed by atoms with Crippen LogP contribution in [0, 0.1) is 20.8 Å². The minimum atomic E-state index is -3.15. The number of rotatable bonds is 38. The van der Waals surface area contributed by atoms with Crippen molar-refractivity contribution in [1.29, 1.82) is 0 Å². The first-order chi connectivity index (χ1) is 70.5. The predicted octanol–water partition coefficient (Wildman–Crippen LogP) is 36.3. The van der Waals surface area contributed by atoms with Gasteiger partial charge in [-0.05, 0) is 299 Å². The molecule has 10 nitrogen and oxygen atoms in total. The maximum atomic E-state index is 12.5. The smallest absolute Gasteiger partial charge is 0.329 e. The van der Waals surface area contributed by atoms with E-state index in [2.05, 4.69) is 469 Å². The van der Waals surface area contributed by atoms with Crippen molar-refractivity contribution in [3.05, 3.63) is 553 Å². The van der Waals surface area contributed by atoms with Gasteiger partial charge >= 0.3 is 7.60 Å². The number of nitrogens with zero attached hydrogens (tertiary/aromatic N) is 3. The monoisotopic (exact) mass is 1930 g/mol. The van der Waals surface area contributed by atoms with Gasteiger partial charge in [0.05, 0.1) is 49.7 Å². The minimum absolute atomic E-state index is 0.168.